The van der Waals surface area contributed by atoms with Crippen LogP contribution in [0.25, 0.3) is 0 Å². The number of hydrogen-bond acceptors (Lipinski definition) is 5. The molecular formula is C21H27N3O4S. The Labute approximate surface area is 172 Å². The van der Waals surface area contributed by atoms with Gasteiger partial charge in [0.25, 0.3) is 0 Å². The van der Waals surface area contributed by atoms with Crippen LogP contribution in [0, 0.1) is 0 Å². The smallest absolute Gasteiger partial charge is 0.243 e. The van der Waals surface area contributed by atoms with E-state index in [9.17, 15) is 13.2 Å². The van der Waals surface area contributed by atoms with Crippen molar-refractivity contribution < 1.29 is 17.9 Å². The first kappa shape index (κ1) is 21.1. The second-order valence-electron chi connectivity index (χ2n) is 6.81. The second-order valence-corrected chi connectivity index (χ2v) is 8.75. The standard InChI is InChI=1S/C21H27N3O4S/c1-3-22(18-7-5-4-6-8-18)17-21(25)23-13-15-24(16-14-23)29(26,27)20-11-9-19(28-2)10-12-20/h4-12H,3,13-17H2,1-2H3. The lowest BCUT2D eigenvalue weighted by Crippen LogP contribution is -2.52. The van der Waals surface area contributed by atoms with Gasteiger partial charge in [0.1, 0.15) is 5.75 Å². The van der Waals surface area contributed by atoms with E-state index >= 15 is 0 Å². The maximum atomic E-state index is 12.8. The average Bonchev–Trinajstić information content (AvgIpc) is 2.78. The van der Waals surface area contributed by atoms with Crippen molar-refractivity contribution in [2.24, 2.45) is 0 Å². The number of nitrogens with zero attached hydrogens (tertiary/aromatic N) is 3. The molecule has 0 spiro atoms. The Morgan fingerprint density at radius 1 is 1.00 bits per heavy atom. The summed E-state index contributed by atoms with van der Waals surface area (Å²) in [5.74, 6) is 0.621. The van der Waals surface area contributed by atoms with E-state index in [2.05, 4.69) is 0 Å². The number of ether oxygens (including phenoxy) is 1. The van der Waals surface area contributed by atoms with Crippen molar-refractivity contribution in [1.82, 2.24) is 9.21 Å². The number of para-hydroxylation sites is 1. The van der Waals surface area contributed by atoms with Gasteiger partial charge in [0, 0.05) is 38.4 Å². The molecule has 0 bridgehead atoms. The molecule has 1 amide bonds. The van der Waals surface area contributed by atoms with E-state index in [1.165, 1.54) is 11.4 Å². The molecular weight excluding hydrogens is 390 g/mol. The molecule has 0 aromatic heterocycles. The largest absolute Gasteiger partial charge is 0.497 e. The van der Waals surface area contributed by atoms with Gasteiger partial charge in [-0.1, -0.05) is 18.2 Å². The summed E-state index contributed by atoms with van der Waals surface area (Å²) in [7, 11) is -2.04. The summed E-state index contributed by atoms with van der Waals surface area (Å²) in [6.07, 6.45) is 0. The van der Waals surface area contributed by atoms with Gasteiger partial charge in [-0.25, -0.2) is 8.42 Å². The molecule has 1 heterocycles. The minimum absolute atomic E-state index is 0.0113. The van der Waals surface area contributed by atoms with Crippen LogP contribution in [-0.2, 0) is 14.8 Å². The summed E-state index contributed by atoms with van der Waals surface area (Å²) >= 11 is 0. The Balaban J connectivity index is 1.59. The Bertz CT molecular complexity index is 909. The predicted octanol–water partition coefficient (Wildman–Crippen LogP) is 2.05. The quantitative estimate of drug-likeness (QED) is 0.690. The zero-order valence-electron chi connectivity index (χ0n) is 16.8. The summed E-state index contributed by atoms with van der Waals surface area (Å²) in [5, 5.41) is 0. The number of carbonyl (C=O) groups is 1. The maximum Gasteiger partial charge on any atom is 0.243 e. The maximum absolute atomic E-state index is 12.8. The molecule has 29 heavy (non-hydrogen) atoms. The van der Waals surface area contributed by atoms with Crippen molar-refractivity contribution >= 4 is 21.6 Å². The molecule has 0 saturated carbocycles. The zero-order valence-corrected chi connectivity index (χ0v) is 17.6. The van der Waals surface area contributed by atoms with E-state index in [0.717, 1.165) is 12.2 Å². The van der Waals surface area contributed by atoms with Crippen molar-refractivity contribution in [2.45, 2.75) is 11.8 Å². The van der Waals surface area contributed by atoms with Crippen LogP contribution < -0.4 is 9.64 Å². The molecule has 1 saturated heterocycles. The highest BCUT2D eigenvalue weighted by Gasteiger charge is 2.30. The molecule has 3 rings (SSSR count). The fraction of sp³-hybridized carbons (Fsp3) is 0.381. The van der Waals surface area contributed by atoms with E-state index in [4.69, 9.17) is 4.74 Å². The molecule has 8 heteroatoms. The molecule has 0 N–H and O–H groups in total. The zero-order chi connectivity index (χ0) is 20.9. The number of anilines is 1. The minimum Gasteiger partial charge on any atom is -0.497 e. The summed E-state index contributed by atoms with van der Waals surface area (Å²) in [4.78, 5) is 16.7. The Kier molecular flexibility index (Phi) is 6.76. The van der Waals surface area contributed by atoms with Crippen LogP contribution in [0.1, 0.15) is 6.92 Å². The van der Waals surface area contributed by atoms with Gasteiger partial charge in [0.2, 0.25) is 15.9 Å². The predicted molar refractivity (Wildman–Crippen MR) is 113 cm³/mol. The Morgan fingerprint density at radius 2 is 1.62 bits per heavy atom. The molecule has 2 aromatic rings. The van der Waals surface area contributed by atoms with Gasteiger partial charge in [0.15, 0.2) is 0 Å². The monoisotopic (exact) mass is 417 g/mol. The first-order chi connectivity index (χ1) is 14.0. The lowest BCUT2D eigenvalue weighted by Gasteiger charge is -2.35. The number of methoxy groups -OCH3 is 1. The highest BCUT2D eigenvalue weighted by atomic mass is 32.2. The lowest BCUT2D eigenvalue weighted by molar-refractivity contribution is -0.130. The first-order valence-corrected chi connectivity index (χ1v) is 11.1. The van der Waals surface area contributed by atoms with Crippen LogP contribution in [0.5, 0.6) is 5.75 Å². The number of hydrogen-bond donors (Lipinski definition) is 0. The fourth-order valence-electron chi connectivity index (χ4n) is 3.36. The van der Waals surface area contributed by atoms with Crippen molar-refractivity contribution in [3.63, 3.8) is 0 Å². The minimum atomic E-state index is -3.58. The van der Waals surface area contributed by atoms with Gasteiger partial charge in [-0.3, -0.25) is 4.79 Å². The third-order valence-corrected chi connectivity index (χ3v) is 7.03. The molecule has 1 fully saturated rings. The molecule has 7 nitrogen and oxygen atoms in total. The third-order valence-electron chi connectivity index (χ3n) is 5.12. The van der Waals surface area contributed by atoms with Gasteiger partial charge in [0.05, 0.1) is 18.6 Å². The summed E-state index contributed by atoms with van der Waals surface area (Å²) < 4.78 is 32.2. The topological polar surface area (TPSA) is 70.2 Å². The SMILES string of the molecule is CCN(CC(=O)N1CCN(S(=O)(=O)c2ccc(OC)cc2)CC1)c1ccccc1. The van der Waals surface area contributed by atoms with Gasteiger partial charge >= 0.3 is 0 Å². The van der Waals surface area contributed by atoms with E-state index in [1.54, 1.807) is 29.2 Å². The number of benzene rings is 2. The van der Waals surface area contributed by atoms with Crippen LogP contribution in [0.15, 0.2) is 59.5 Å². The fourth-order valence-corrected chi connectivity index (χ4v) is 4.78. The van der Waals surface area contributed by atoms with Crippen LogP contribution in [0.2, 0.25) is 0 Å². The summed E-state index contributed by atoms with van der Waals surface area (Å²) in [5.41, 5.74) is 1.00. The normalized spacial score (nSPS) is 15.2. The van der Waals surface area contributed by atoms with Crippen molar-refractivity contribution in [2.75, 3.05) is 51.3 Å². The van der Waals surface area contributed by atoms with Crippen molar-refractivity contribution in [3.05, 3.63) is 54.6 Å². The second kappa shape index (κ2) is 9.28. The highest BCUT2D eigenvalue weighted by Crippen LogP contribution is 2.21. The molecule has 1 aliphatic rings. The lowest BCUT2D eigenvalue weighted by atomic mass is 10.2. The summed E-state index contributed by atoms with van der Waals surface area (Å²) in [6.45, 7) is 4.38. The number of likely N-dealkylation sites (N-methyl/N-ethyl adjacent to an activating group) is 1. The first-order valence-electron chi connectivity index (χ1n) is 9.67. The molecule has 156 valence electrons. The van der Waals surface area contributed by atoms with E-state index in [1.807, 2.05) is 42.2 Å². The number of amides is 1. The van der Waals surface area contributed by atoms with Gasteiger partial charge < -0.3 is 14.5 Å². The summed E-state index contributed by atoms with van der Waals surface area (Å²) in [6, 6.07) is 16.2. The van der Waals surface area contributed by atoms with Crippen molar-refractivity contribution in [3.8, 4) is 5.75 Å². The molecule has 0 aliphatic carbocycles. The van der Waals surface area contributed by atoms with E-state index in [0.29, 0.717) is 18.8 Å². The van der Waals surface area contributed by atoms with Crippen LogP contribution >= 0.6 is 0 Å². The van der Waals surface area contributed by atoms with E-state index in [-0.39, 0.29) is 30.4 Å². The Morgan fingerprint density at radius 3 is 2.17 bits per heavy atom. The molecule has 2 aromatic carbocycles. The third kappa shape index (κ3) is 4.89. The molecule has 0 unspecified atom stereocenters. The van der Waals surface area contributed by atoms with Crippen molar-refractivity contribution in [1.29, 1.82) is 0 Å². The van der Waals surface area contributed by atoms with E-state index < -0.39 is 10.0 Å². The molecule has 0 atom stereocenters. The van der Waals surface area contributed by atoms with Crippen LogP contribution in [0.3, 0.4) is 0 Å². The van der Waals surface area contributed by atoms with Crippen LogP contribution in [-0.4, -0.2) is 69.9 Å². The van der Waals surface area contributed by atoms with Crippen LogP contribution in [0.4, 0.5) is 5.69 Å². The average molecular weight is 418 g/mol. The number of rotatable bonds is 7. The number of piperazine rings is 1. The van der Waals surface area contributed by atoms with Gasteiger partial charge in [-0.05, 0) is 43.3 Å². The Hall–Kier alpha value is -2.58. The van der Waals surface area contributed by atoms with Gasteiger partial charge in [-0.15, -0.1) is 0 Å². The molecule has 0 radical (unpaired) electrons. The van der Waals surface area contributed by atoms with Gasteiger partial charge in [-0.2, -0.15) is 4.31 Å². The number of sulfonamides is 1. The number of carbonyl (C=O) groups excluding carboxylic acids is 1. The molecule has 1 aliphatic heterocycles. The highest BCUT2D eigenvalue weighted by molar-refractivity contribution is 7.89.